The minimum absolute atomic E-state index is 0.173. The molecule has 2 fully saturated rings. The Labute approximate surface area is 249 Å². The molecule has 2 nitrogen and oxygen atoms in total. The smallest absolute Gasteiger partial charge is 0.258 e. The number of carbonyl (C=O) groups excluding carboxylic acids is 1. The van der Waals surface area contributed by atoms with Gasteiger partial charge in [0.25, 0.3) is 8.32 Å². The average Bonchev–Trinajstić information content (AvgIpc) is 3.34. The van der Waals surface area contributed by atoms with Gasteiger partial charge in [0.05, 0.1) is 0 Å². The first-order valence-electron chi connectivity index (χ1n) is 16.3. The summed E-state index contributed by atoms with van der Waals surface area (Å²) in [5, 5.41) is 2.04. The topological polar surface area (TPSA) is 37.3 Å². The van der Waals surface area contributed by atoms with Crippen LogP contribution in [0.15, 0.2) is 84.5 Å². The Morgan fingerprint density at radius 3 is 2.20 bits per heavy atom. The lowest BCUT2D eigenvalue weighted by Gasteiger charge is -2.56. The van der Waals surface area contributed by atoms with Crippen LogP contribution >= 0.6 is 0 Å². The molecule has 218 valence electrons. The van der Waals surface area contributed by atoms with E-state index in [0.29, 0.717) is 29.0 Å². The number of benzene rings is 2. The molecule has 2 aromatic carbocycles. The molecule has 0 heterocycles. The van der Waals surface area contributed by atoms with Crippen LogP contribution in [-0.2, 0) is 4.79 Å². The monoisotopic (exact) mass is 566 g/mol. The fourth-order valence-electron chi connectivity index (χ4n) is 10.2. The van der Waals surface area contributed by atoms with Crippen molar-refractivity contribution in [3.8, 4) is 0 Å². The Balaban J connectivity index is 1.21. The highest BCUT2D eigenvalue weighted by atomic mass is 28.4. The second-order valence-electron chi connectivity index (χ2n) is 15.2. The zero-order chi connectivity index (χ0) is 29.0. The molecule has 0 saturated heterocycles. The maximum atomic E-state index is 12.7. The summed E-state index contributed by atoms with van der Waals surface area (Å²) in [5.41, 5.74) is 1.85. The van der Waals surface area contributed by atoms with E-state index >= 15 is 0 Å². The summed E-state index contributed by atoms with van der Waals surface area (Å²) in [7, 11) is -2.98. The summed E-state index contributed by atoms with van der Waals surface area (Å²) in [6.07, 6.45) is 16.0. The van der Waals surface area contributed by atoms with Crippen molar-refractivity contribution < 1.29 is 9.59 Å². The maximum Gasteiger partial charge on any atom is 0.258 e. The third-order valence-electron chi connectivity index (χ3n) is 12.9. The number of hydrogen-bond donors (Lipinski definition) is 1. The number of allylic oxidation sites excluding steroid dienone is 4. The molecular weight excluding hydrogens is 517 g/mol. The molecule has 0 spiro atoms. The fourth-order valence-corrected chi connectivity index (χ4v) is 14.0. The van der Waals surface area contributed by atoms with Gasteiger partial charge in [-0.3, -0.25) is 4.79 Å². The summed E-state index contributed by atoms with van der Waals surface area (Å²) in [6, 6.07) is 21.0. The molecule has 41 heavy (non-hydrogen) atoms. The maximum absolute atomic E-state index is 12.7. The van der Waals surface area contributed by atoms with Crippen LogP contribution in [-0.4, -0.2) is 18.9 Å². The van der Waals surface area contributed by atoms with Crippen LogP contribution in [0.25, 0.3) is 0 Å². The van der Waals surface area contributed by atoms with Crippen LogP contribution in [0.3, 0.4) is 0 Å². The second kappa shape index (κ2) is 10.5. The zero-order valence-electron chi connectivity index (χ0n) is 25.9. The third kappa shape index (κ3) is 4.57. The summed E-state index contributed by atoms with van der Waals surface area (Å²) in [5.74, 6) is 3.75. The Morgan fingerprint density at radius 1 is 0.927 bits per heavy atom. The predicted octanol–water partition coefficient (Wildman–Crippen LogP) is 7.86. The molecule has 1 N–H and O–H groups in total. The van der Waals surface area contributed by atoms with Gasteiger partial charge in [0, 0.05) is 6.42 Å². The van der Waals surface area contributed by atoms with Gasteiger partial charge in [0.15, 0.2) is 5.78 Å². The van der Waals surface area contributed by atoms with Crippen LogP contribution < -0.4 is 10.4 Å². The summed E-state index contributed by atoms with van der Waals surface area (Å²) in [4.78, 5) is 24.9. The van der Waals surface area contributed by atoms with Gasteiger partial charge in [0.2, 0.25) is 0 Å². The lowest BCUT2D eigenvalue weighted by atomic mass is 9.48. The van der Waals surface area contributed by atoms with E-state index in [2.05, 4.69) is 107 Å². The van der Waals surface area contributed by atoms with Crippen molar-refractivity contribution in [2.75, 3.05) is 0 Å². The quantitative estimate of drug-likeness (QED) is 0.347. The summed E-state index contributed by atoms with van der Waals surface area (Å²) in [6.45, 7) is 12.2. The van der Waals surface area contributed by atoms with E-state index in [1.807, 2.05) is 6.08 Å². The lowest BCUT2D eigenvalue weighted by Crippen LogP contribution is -2.65. The van der Waals surface area contributed by atoms with Crippen LogP contribution in [0.1, 0.15) is 86.0 Å². The van der Waals surface area contributed by atoms with Crippen molar-refractivity contribution in [2.24, 2.45) is 40.4 Å². The van der Waals surface area contributed by atoms with Crippen LogP contribution in [0.5, 0.6) is 0 Å². The molecule has 0 bridgehead atoms. The Hall–Kier alpha value is -2.23. The van der Waals surface area contributed by atoms with Gasteiger partial charge in [-0.25, -0.2) is 0 Å². The molecule has 7 atom stereocenters. The molecule has 0 amide bonds. The SMILES string of the molecule is C[C@H](CCC(C)(C)[Si](O)(c1ccccc1)c1ccccc1)C1CCC2C3C=CC4=CC(=O)CC[C@]4(C)C3CC[C@@]21C. The number of fused-ring (bicyclic) bond motifs is 5. The first-order valence-corrected chi connectivity index (χ1v) is 18.2. The van der Waals surface area contributed by atoms with E-state index < -0.39 is 8.32 Å². The normalized spacial score (nSPS) is 33.9. The van der Waals surface area contributed by atoms with Crippen LogP contribution in [0.2, 0.25) is 5.04 Å². The first kappa shape index (κ1) is 28.9. The fraction of sp³-hybridized carbons (Fsp3) is 0.553. The van der Waals surface area contributed by atoms with Gasteiger partial charge in [0.1, 0.15) is 0 Å². The first-order chi connectivity index (χ1) is 19.5. The second-order valence-corrected chi connectivity index (χ2v) is 19.1. The van der Waals surface area contributed by atoms with Gasteiger partial charge < -0.3 is 4.80 Å². The highest BCUT2D eigenvalue weighted by Crippen LogP contribution is 2.66. The van der Waals surface area contributed by atoms with Gasteiger partial charge in [-0.05, 0) is 106 Å². The lowest BCUT2D eigenvalue weighted by molar-refractivity contribution is -0.116. The molecule has 3 heteroatoms. The van der Waals surface area contributed by atoms with Crippen LogP contribution in [0.4, 0.5) is 0 Å². The van der Waals surface area contributed by atoms with E-state index in [9.17, 15) is 9.59 Å². The predicted molar refractivity (Wildman–Crippen MR) is 173 cm³/mol. The van der Waals surface area contributed by atoms with Crippen molar-refractivity contribution in [1.82, 2.24) is 0 Å². The Bertz CT molecular complexity index is 1290. The Kier molecular flexibility index (Phi) is 7.38. The number of ketones is 1. The molecule has 2 aromatic rings. The van der Waals surface area contributed by atoms with Crippen molar-refractivity contribution >= 4 is 24.5 Å². The largest absolute Gasteiger partial charge is 0.424 e. The molecule has 4 unspecified atom stereocenters. The van der Waals surface area contributed by atoms with Crippen LogP contribution in [0, 0.1) is 40.4 Å². The molecule has 2 saturated carbocycles. The van der Waals surface area contributed by atoms with E-state index in [1.165, 1.54) is 31.3 Å². The number of hydrogen-bond acceptors (Lipinski definition) is 2. The molecule has 0 radical (unpaired) electrons. The molecule has 4 aliphatic rings. The highest BCUT2D eigenvalue weighted by Gasteiger charge is 2.59. The molecule has 6 rings (SSSR count). The number of carbonyl (C=O) groups is 1. The van der Waals surface area contributed by atoms with E-state index in [-0.39, 0.29) is 10.5 Å². The minimum Gasteiger partial charge on any atom is -0.424 e. The molecule has 4 aliphatic carbocycles. The average molecular weight is 567 g/mol. The Morgan fingerprint density at radius 2 is 1.56 bits per heavy atom. The van der Waals surface area contributed by atoms with Crippen molar-refractivity contribution in [1.29, 1.82) is 0 Å². The van der Waals surface area contributed by atoms with Gasteiger partial charge in [-0.2, -0.15) is 0 Å². The third-order valence-corrected chi connectivity index (χ3v) is 17.4. The van der Waals surface area contributed by atoms with Crippen molar-refractivity contribution in [3.05, 3.63) is 84.5 Å². The van der Waals surface area contributed by atoms with E-state index in [1.54, 1.807) is 0 Å². The van der Waals surface area contributed by atoms with Crippen molar-refractivity contribution in [2.45, 2.75) is 91.0 Å². The summed E-state index contributed by atoms with van der Waals surface area (Å²) >= 11 is 0. The summed E-state index contributed by atoms with van der Waals surface area (Å²) < 4.78 is 0. The minimum atomic E-state index is -2.98. The number of rotatable bonds is 7. The van der Waals surface area contributed by atoms with Gasteiger partial charge >= 0.3 is 0 Å². The standard InChI is InChI=1S/C38H50O2Si/c1-27(20-23-36(2,3)41(40,30-12-8-6-9-13-30)31-14-10-7-11-15-31)33-18-19-34-32-17-16-28-26-29(39)21-24-37(28,4)35(32)22-25-38(33,34)5/h6-17,26-27,32-35,40H,18-25H2,1-5H3/t27-,32?,33?,34?,35?,37+,38-/m1/s1. The van der Waals surface area contributed by atoms with Gasteiger partial charge in [-0.15, -0.1) is 0 Å². The zero-order valence-corrected chi connectivity index (χ0v) is 26.9. The molecular formula is C38H50O2Si. The van der Waals surface area contributed by atoms with Crippen molar-refractivity contribution in [3.63, 3.8) is 0 Å². The van der Waals surface area contributed by atoms with Gasteiger partial charge in [-0.1, -0.05) is 114 Å². The molecule has 0 aliphatic heterocycles. The molecule has 0 aromatic heterocycles. The highest BCUT2D eigenvalue weighted by molar-refractivity contribution is 6.98. The van der Waals surface area contributed by atoms with E-state index in [4.69, 9.17) is 0 Å². The van der Waals surface area contributed by atoms with E-state index in [0.717, 1.165) is 47.9 Å².